The maximum absolute atomic E-state index is 12.7. The summed E-state index contributed by atoms with van der Waals surface area (Å²) in [5.74, 6) is -1.11. The molecule has 0 aromatic heterocycles. The zero-order chi connectivity index (χ0) is 49.5. The van der Waals surface area contributed by atoms with E-state index in [-0.39, 0.29) is 23.7 Å². The van der Waals surface area contributed by atoms with Gasteiger partial charge >= 0.3 is 0 Å². The normalized spacial score (nSPS) is 52.9. The molecule has 4 aliphatic carbocycles. The summed E-state index contributed by atoms with van der Waals surface area (Å²) in [4.78, 5) is 0. The van der Waals surface area contributed by atoms with Gasteiger partial charge in [-0.3, -0.25) is 0 Å². The van der Waals surface area contributed by atoms with Crippen molar-refractivity contribution in [2.75, 3.05) is 19.8 Å². The van der Waals surface area contributed by atoms with Crippen molar-refractivity contribution in [3.05, 3.63) is 11.6 Å². The van der Waals surface area contributed by atoms with Gasteiger partial charge in [-0.25, -0.2) is 0 Å². The summed E-state index contributed by atoms with van der Waals surface area (Å²) in [6, 6.07) is 0. The van der Waals surface area contributed by atoms with Crippen molar-refractivity contribution in [2.24, 2.45) is 45.3 Å². The number of allylic oxidation sites excluding steroid dienone is 2. The van der Waals surface area contributed by atoms with Crippen LogP contribution in [0.5, 0.6) is 0 Å². The van der Waals surface area contributed by atoms with E-state index in [4.69, 9.17) is 28.4 Å². The molecule has 19 heteroatoms. The topological polar surface area (TPSA) is 318 Å². The second-order valence-electron chi connectivity index (χ2n) is 23.1. The van der Waals surface area contributed by atoms with Gasteiger partial charge in [0.2, 0.25) is 0 Å². The Bertz CT molecular complexity index is 1710. The SMILES string of the molecule is CC(C)=CCCC(C)(O[C@@H]1O[C@H](CO[C@@H]2O[C@H](CO)[C@@H](O)[C@H](O)[C@H]2O)[C@@H](O)[C@H](O)[C@H]1O)[C@H]1CC[C@]2(C)[C@@H]1[C@H](O)C[C@@H]1[C@@]3(C)CC[C@H](O)C(C)(C)[C@@H]3[C@@H](O[C@@H]3O[C@H](CO)[C@@H](O)[C@H](O)[C@H]3O)C[C@]12C. The molecule has 0 radical (unpaired) electrons. The Morgan fingerprint density at radius 2 is 1.19 bits per heavy atom. The fourth-order valence-electron chi connectivity index (χ4n) is 14.8. The van der Waals surface area contributed by atoms with Crippen molar-refractivity contribution in [3.8, 4) is 0 Å². The summed E-state index contributed by atoms with van der Waals surface area (Å²) in [6.07, 6.45) is -19.2. The fourth-order valence-corrected chi connectivity index (χ4v) is 14.8. The lowest BCUT2D eigenvalue weighted by Gasteiger charge is -2.72. The highest BCUT2D eigenvalue weighted by Crippen LogP contribution is 2.76. The van der Waals surface area contributed by atoms with Crippen molar-refractivity contribution in [1.82, 2.24) is 0 Å². The van der Waals surface area contributed by atoms with E-state index in [1.807, 2.05) is 34.6 Å². The van der Waals surface area contributed by atoms with Crippen LogP contribution >= 0.6 is 0 Å². The molecule has 7 fully saturated rings. The first-order chi connectivity index (χ1) is 31.2. The molecule has 13 N–H and O–H groups in total. The molecule has 0 spiro atoms. The molecule has 0 aromatic rings. The molecular formula is C48H82O19. The number of aliphatic hydroxyl groups is 13. The van der Waals surface area contributed by atoms with Crippen LogP contribution in [0.2, 0.25) is 0 Å². The van der Waals surface area contributed by atoms with Crippen LogP contribution in [0.3, 0.4) is 0 Å². The monoisotopic (exact) mass is 963 g/mol. The third kappa shape index (κ3) is 9.13. The van der Waals surface area contributed by atoms with E-state index in [1.54, 1.807) is 0 Å². The second kappa shape index (κ2) is 19.8. The van der Waals surface area contributed by atoms with Crippen LogP contribution in [0, 0.1) is 45.3 Å². The zero-order valence-corrected chi connectivity index (χ0v) is 40.3. The highest BCUT2D eigenvalue weighted by atomic mass is 16.7. The fraction of sp³-hybridized carbons (Fsp3) is 0.958. The summed E-state index contributed by atoms with van der Waals surface area (Å²) in [7, 11) is 0. The molecule has 3 aliphatic heterocycles. The van der Waals surface area contributed by atoms with Gasteiger partial charge in [0.25, 0.3) is 0 Å². The van der Waals surface area contributed by atoms with E-state index in [9.17, 15) is 66.4 Å². The maximum Gasteiger partial charge on any atom is 0.187 e. The molecule has 26 atom stereocenters. The Labute approximate surface area is 393 Å². The van der Waals surface area contributed by atoms with Crippen molar-refractivity contribution in [2.45, 2.75) is 223 Å². The van der Waals surface area contributed by atoms with E-state index in [1.165, 1.54) is 0 Å². The van der Waals surface area contributed by atoms with Gasteiger partial charge in [-0.2, -0.15) is 0 Å². The molecule has 7 rings (SSSR count). The van der Waals surface area contributed by atoms with Crippen LogP contribution in [-0.4, -0.2) is 202 Å². The maximum atomic E-state index is 12.7. The minimum atomic E-state index is -1.77. The van der Waals surface area contributed by atoms with E-state index in [0.717, 1.165) is 5.57 Å². The Morgan fingerprint density at radius 3 is 1.78 bits per heavy atom. The molecule has 0 amide bonds. The molecule has 4 saturated carbocycles. The van der Waals surface area contributed by atoms with Crippen LogP contribution < -0.4 is 0 Å². The summed E-state index contributed by atoms with van der Waals surface area (Å²) < 4.78 is 37.1. The quantitative estimate of drug-likeness (QED) is 0.0773. The zero-order valence-electron chi connectivity index (χ0n) is 40.3. The number of hydrogen-bond acceptors (Lipinski definition) is 19. The minimum Gasteiger partial charge on any atom is -0.394 e. The highest BCUT2D eigenvalue weighted by molar-refractivity contribution is 5.22. The minimum absolute atomic E-state index is 0.0659. The molecule has 3 saturated heterocycles. The lowest BCUT2D eigenvalue weighted by Crippen LogP contribution is -2.71. The lowest BCUT2D eigenvalue weighted by molar-refractivity contribution is -0.353. The van der Waals surface area contributed by atoms with E-state index >= 15 is 0 Å². The van der Waals surface area contributed by atoms with Gasteiger partial charge in [0.05, 0.1) is 43.7 Å². The molecule has 67 heavy (non-hydrogen) atoms. The van der Waals surface area contributed by atoms with E-state index in [0.29, 0.717) is 51.4 Å². The third-order valence-electron chi connectivity index (χ3n) is 18.7. The molecule has 0 bridgehead atoms. The van der Waals surface area contributed by atoms with Crippen molar-refractivity contribution in [3.63, 3.8) is 0 Å². The second-order valence-corrected chi connectivity index (χ2v) is 23.1. The van der Waals surface area contributed by atoms with Gasteiger partial charge < -0.3 is 94.8 Å². The first-order valence-corrected chi connectivity index (χ1v) is 24.5. The standard InChI is InChI=1S/C48H82O19/c1-21(2)10-9-13-48(8,67-43-39(61)36(58)33(55)27(66-43)20-62-41-37(59)34(56)31(53)25(18-49)64-41)22-11-15-46(6)30(22)23(51)16-28-45(5)14-12-29(52)44(3,4)40(45)24(17-47(28,46)7)63-42-38(60)35(57)32(54)26(19-50)65-42/h10,22-43,49-61H,9,11-20H2,1-8H3/t22-,23+,24-,25+,26+,27+,28+,29-,30-,31+,32+,33+,34-,35-,36-,37+,38+,39+,40-,41+,42+,43-,45+,46+,47+,48?/m0/s1. The molecule has 1 unspecified atom stereocenters. The number of ether oxygens (including phenoxy) is 6. The molecule has 388 valence electrons. The molecular weight excluding hydrogens is 881 g/mol. The average molecular weight is 963 g/mol. The summed E-state index contributed by atoms with van der Waals surface area (Å²) in [5.41, 5.74) is -2.39. The number of rotatable bonds is 13. The van der Waals surface area contributed by atoms with E-state index in [2.05, 4.69) is 26.8 Å². The summed E-state index contributed by atoms with van der Waals surface area (Å²) in [6.45, 7) is 14.7. The van der Waals surface area contributed by atoms with Crippen molar-refractivity contribution >= 4 is 0 Å². The van der Waals surface area contributed by atoms with Crippen LogP contribution in [0.25, 0.3) is 0 Å². The van der Waals surface area contributed by atoms with Gasteiger partial charge in [0.1, 0.15) is 73.2 Å². The molecule has 0 aromatic carbocycles. The molecule has 19 nitrogen and oxygen atoms in total. The van der Waals surface area contributed by atoms with Gasteiger partial charge in [-0.1, -0.05) is 46.3 Å². The Balaban J connectivity index is 1.20. The molecule has 3 heterocycles. The van der Waals surface area contributed by atoms with Gasteiger partial charge in [0, 0.05) is 0 Å². The number of fused-ring (bicyclic) bond motifs is 5. The number of hydrogen-bond donors (Lipinski definition) is 13. The smallest absolute Gasteiger partial charge is 0.187 e. The first-order valence-electron chi connectivity index (χ1n) is 24.5. The van der Waals surface area contributed by atoms with Gasteiger partial charge in [0.15, 0.2) is 18.9 Å². The van der Waals surface area contributed by atoms with Crippen LogP contribution in [0.15, 0.2) is 11.6 Å². The predicted molar refractivity (Wildman–Crippen MR) is 235 cm³/mol. The van der Waals surface area contributed by atoms with E-state index < -0.39 is 158 Å². The van der Waals surface area contributed by atoms with Crippen molar-refractivity contribution in [1.29, 1.82) is 0 Å². The van der Waals surface area contributed by atoms with Crippen LogP contribution in [0.4, 0.5) is 0 Å². The summed E-state index contributed by atoms with van der Waals surface area (Å²) >= 11 is 0. The van der Waals surface area contributed by atoms with Crippen molar-refractivity contribution < 1.29 is 94.8 Å². The van der Waals surface area contributed by atoms with Crippen LogP contribution in [0.1, 0.15) is 107 Å². The highest BCUT2D eigenvalue weighted by Gasteiger charge is 2.74. The lowest BCUT2D eigenvalue weighted by atomic mass is 9.34. The third-order valence-corrected chi connectivity index (χ3v) is 18.7. The van der Waals surface area contributed by atoms with Gasteiger partial charge in [-0.15, -0.1) is 0 Å². The largest absolute Gasteiger partial charge is 0.394 e. The number of aliphatic hydroxyl groups excluding tert-OH is 13. The molecule has 7 aliphatic rings. The predicted octanol–water partition coefficient (Wildman–Crippen LogP) is -1.06. The Hall–Kier alpha value is -1.02. The Morgan fingerprint density at radius 1 is 0.657 bits per heavy atom. The Kier molecular flexibility index (Phi) is 15.9. The van der Waals surface area contributed by atoms with Gasteiger partial charge in [-0.05, 0) is 117 Å². The summed E-state index contributed by atoms with van der Waals surface area (Å²) in [5, 5.41) is 142. The van der Waals surface area contributed by atoms with Crippen LogP contribution in [-0.2, 0) is 28.4 Å². The first kappa shape index (κ1) is 53.8. The average Bonchev–Trinajstić information content (AvgIpc) is 3.66.